The van der Waals surface area contributed by atoms with Crippen molar-refractivity contribution in [2.75, 3.05) is 6.54 Å². The van der Waals surface area contributed by atoms with Gasteiger partial charge < -0.3 is 15.5 Å². The highest BCUT2D eigenvalue weighted by Crippen LogP contribution is 2.17. The van der Waals surface area contributed by atoms with Crippen molar-refractivity contribution in [2.45, 2.75) is 37.8 Å². The predicted molar refractivity (Wildman–Crippen MR) is 43.9 cm³/mol. The number of aliphatic hydroxyl groups is 1. The van der Waals surface area contributed by atoms with E-state index in [-0.39, 0.29) is 18.7 Å². The molecule has 0 spiro atoms. The minimum absolute atomic E-state index is 0.0187. The van der Waals surface area contributed by atoms with Crippen LogP contribution in [0, 0.1) is 0 Å². The molecule has 0 amide bonds. The molecule has 0 saturated heterocycles. The van der Waals surface area contributed by atoms with Crippen LogP contribution in [0.1, 0.15) is 25.7 Å². The Morgan fingerprint density at radius 2 is 2.08 bits per heavy atom. The topological polar surface area (TPSA) is 69.6 Å². The molecule has 0 radical (unpaired) electrons. The highest BCUT2D eigenvalue weighted by molar-refractivity contribution is 5.69. The molecule has 1 fully saturated rings. The van der Waals surface area contributed by atoms with Crippen LogP contribution >= 0.6 is 0 Å². The summed E-state index contributed by atoms with van der Waals surface area (Å²) < 4.78 is 0. The van der Waals surface area contributed by atoms with Gasteiger partial charge in [-0.2, -0.15) is 0 Å². The standard InChI is InChI=1S/C8H15NO3/c10-7-4-2-1-3-6(7)9-5-8(11)12/h6-7,9-10H,1-5H2,(H,11,12)/t6-,7+/m0/s1. The second-order valence-electron chi connectivity index (χ2n) is 3.23. The Labute approximate surface area is 71.6 Å². The van der Waals surface area contributed by atoms with Crippen LogP contribution in [0.15, 0.2) is 0 Å². The van der Waals surface area contributed by atoms with Crippen molar-refractivity contribution in [1.82, 2.24) is 5.32 Å². The van der Waals surface area contributed by atoms with Crippen molar-refractivity contribution >= 4 is 5.97 Å². The van der Waals surface area contributed by atoms with Gasteiger partial charge in [-0.1, -0.05) is 12.8 Å². The van der Waals surface area contributed by atoms with Crippen molar-refractivity contribution in [2.24, 2.45) is 0 Å². The summed E-state index contributed by atoms with van der Waals surface area (Å²) in [5.74, 6) is -0.868. The van der Waals surface area contributed by atoms with E-state index >= 15 is 0 Å². The van der Waals surface area contributed by atoms with Crippen LogP contribution in [-0.2, 0) is 4.79 Å². The first-order chi connectivity index (χ1) is 5.70. The zero-order chi connectivity index (χ0) is 8.97. The molecule has 0 aromatic rings. The van der Waals surface area contributed by atoms with Crippen LogP contribution in [0.25, 0.3) is 0 Å². The maximum absolute atomic E-state index is 10.2. The van der Waals surface area contributed by atoms with Gasteiger partial charge in [0, 0.05) is 6.04 Å². The number of nitrogens with one attached hydrogen (secondary N) is 1. The molecular formula is C8H15NO3. The molecular weight excluding hydrogens is 158 g/mol. The van der Waals surface area contributed by atoms with Crippen LogP contribution in [0.3, 0.4) is 0 Å². The van der Waals surface area contributed by atoms with E-state index in [1.807, 2.05) is 0 Å². The summed E-state index contributed by atoms with van der Waals surface area (Å²) in [6, 6.07) is -0.0187. The van der Waals surface area contributed by atoms with Gasteiger partial charge in [0.25, 0.3) is 0 Å². The van der Waals surface area contributed by atoms with Crippen molar-refractivity contribution < 1.29 is 15.0 Å². The lowest BCUT2D eigenvalue weighted by Crippen LogP contribution is -2.44. The summed E-state index contributed by atoms with van der Waals surface area (Å²) in [6.45, 7) is -0.0538. The van der Waals surface area contributed by atoms with Gasteiger partial charge in [-0.25, -0.2) is 0 Å². The fourth-order valence-electron chi connectivity index (χ4n) is 1.57. The van der Waals surface area contributed by atoms with Crippen molar-refractivity contribution in [3.63, 3.8) is 0 Å². The summed E-state index contributed by atoms with van der Waals surface area (Å²) in [5.41, 5.74) is 0. The minimum Gasteiger partial charge on any atom is -0.480 e. The molecule has 4 heteroatoms. The second-order valence-corrected chi connectivity index (χ2v) is 3.23. The van der Waals surface area contributed by atoms with Gasteiger partial charge in [-0.15, -0.1) is 0 Å². The molecule has 1 rings (SSSR count). The number of carboxylic acid groups (broad SMARTS) is 1. The van der Waals surface area contributed by atoms with Gasteiger partial charge >= 0.3 is 5.97 Å². The predicted octanol–water partition coefficient (Wildman–Crippen LogP) is -0.0359. The maximum Gasteiger partial charge on any atom is 0.317 e. The molecule has 0 unspecified atom stereocenters. The lowest BCUT2D eigenvalue weighted by molar-refractivity contribution is -0.136. The first-order valence-corrected chi connectivity index (χ1v) is 4.33. The fourth-order valence-corrected chi connectivity index (χ4v) is 1.57. The van der Waals surface area contributed by atoms with E-state index < -0.39 is 5.97 Å². The summed E-state index contributed by atoms with van der Waals surface area (Å²) >= 11 is 0. The van der Waals surface area contributed by atoms with E-state index in [9.17, 15) is 9.90 Å². The molecule has 70 valence electrons. The Balaban J connectivity index is 2.24. The second kappa shape index (κ2) is 4.42. The Bertz CT molecular complexity index is 160. The Morgan fingerprint density at radius 3 is 2.67 bits per heavy atom. The van der Waals surface area contributed by atoms with Crippen LogP contribution < -0.4 is 5.32 Å². The summed E-state index contributed by atoms with van der Waals surface area (Å²) in [7, 11) is 0. The van der Waals surface area contributed by atoms with Crippen molar-refractivity contribution in [1.29, 1.82) is 0 Å². The summed E-state index contributed by atoms with van der Waals surface area (Å²) in [5, 5.41) is 20.6. The zero-order valence-electron chi connectivity index (χ0n) is 6.99. The van der Waals surface area contributed by atoms with E-state index in [4.69, 9.17) is 5.11 Å². The smallest absolute Gasteiger partial charge is 0.317 e. The molecule has 1 aliphatic rings. The first-order valence-electron chi connectivity index (χ1n) is 4.33. The number of carboxylic acids is 1. The fraction of sp³-hybridized carbons (Fsp3) is 0.875. The van der Waals surface area contributed by atoms with Gasteiger partial charge in [-0.3, -0.25) is 4.79 Å². The first kappa shape index (κ1) is 9.48. The third-order valence-electron chi connectivity index (χ3n) is 2.24. The summed E-state index contributed by atoms with van der Waals surface area (Å²) in [4.78, 5) is 10.2. The average Bonchev–Trinajstić information content (AvgIpc) is 2.03. The minimum atomic E-state index is -0.868. The highest BCUT2D eigenvalue weighted by Gasteiger charge is 2.22. The molecule has 1 aliphatic carbocycles. The van der Waals surface area contributed by atoms with Crippen LogP contribution in [0.2, 0.25) is 0 Å². The molecule has 0 heterocycles. The molecule has 3 N–H and O–H groups in total. The Hall–Kier alpha value is -0.610. The summed E-state index contributed by atoms with van der Waals surface area (Å²) in [6.07, 6.45) is 3.44. The highest BCUT2D eigenvalue weighted by atomic mass is 16.4. The Kier molecular flexibility index (Phi) is 3.49. The lowest BCUT2D eigenvalue weighted by Gasteiger charge is -2.27. The number of hydrogen-bond acceptors (Lipinski definition) is 3. The monoisotopic (exact) mass is 173 g/mol. The van der Waals surface area contributed by atoms with Crippen LogP contribution in [0.5, 0.6) is 0 Å². The zero-order valence-corrected chi connectivity index (χ0v) is 6.99. The van der Waals surface area contributed by atoms with Crippen LogP contribution in [0.4, 0.5) is 0 Å². The van der Waals surface area contributed by atoms with Gasteiger partial charge in [-0.05, 0) is 12.8 Å². The molecule has 0 aromatic carbocycles. The van der Waals surface area contributed by atoms with Gasteiger partial charge in [0.05, 0.1) is 12.6 Å². The lowest BCUT2D eigenvalue weighted by atomic mass is 9.93. The van der Waals surface area contributed by atoms with E-state index in [1.165, 1.54) is 0 Å². The maximum atomic E-state index is 10.2. The van der Waals surface area contributed by atoms with Gasteiger partial charge in [0.1, 0.15) is 0 Å². The Morgan fingerprint density at radius 1 is 1.42 bits per heavy atom. The van der Waals surface area contributed by atoms with Gasteiger partial charge in [0.15, 0.2) is 0 Å². The van der Waals surface area contributed by atoms with E-state index in [1.54, 1.807) is 0 Å². The number of aliphatic hydroxyl groups excluding tert-OH is 1. The van der Waals surface area contributed by atoms with Crippen molar-refractivity contribution in [3.8, 4) is 0 Å². The van der Waals surface area contributed by atoms with E-state index in [0.717, 1.165) is 25.7 Å². The number of aliphatic carboxylic acids is 1. The third-order valence-corrected chi connectivity index (χ3v) is 2.24. The normalized spacial score (nSPS) is 30.1. The molecule has 4 nitrogen and oxygen atoms in total. The van der Waals surface area contributed by atoms with E-state index in [2.05, 4.69) is 5.32 Å². The average molecular weight is 173 g/mol. The van der Waals surface area contributed by atoms with E-state index in [0.29, 0.717) is 0 Å². The third kappa shape index (κ3) is 2.79. The number of rotatable bonds is 3. The number of carbonyl (C=O) groups is 1. The molecule has 2 atom stereocenters. The van der Waals surface area contributed by atoms with Crippen molar-refractivity contribution in [3.05, 3.63) is 0 Å². The molecule has 0 bridgehead atoms. The quantitative estimate of drug-likeness (QED) is 0.560. The molecule has 0 aromatic heterocycles. The number of hydrogen-bond donors (Lipinski definition) is 3. The molecule has 12 heavy (non-hydrogen) atoms. The van der Waals surface area contributed by atoms with Gasteiger partial charge in [0.2, 0.25) is 0 Å². The largest absolute Gasteiger partial charge is 0.480 e. The SMILES string of the molecule is O=C(O)CN[C@H]1CCCC[C@H]1O. The molecule has 0 aliphatic heterocycles. The van der Waals surface area contributed by atoms with Crippen LogP contribution in [-0.4, -0.2) is 34.9 Å². The molecule has 1 saturated carbocycles.